The summed E-state index contributed by atoms with van der Waals surface area (Å²) in [7, 11) is 0. The second-order valence-corrected chi connectivity index (χ2v) is 18.7. The molecule has 0 saturated carbocycles. The molecule has 0 radical (unpaired) electrons. The number of allylic oxidation sites excluding steroid dienone is 3. The summed E-state index contributed by atoms with van der Waals surface area (Å²) in [6.07, 6.45) is 7.30. The van der Waals surface area contributed by atoms with Crippen LogP contribution in [0.15, 0.2) is 236 Å². The Balaban J connectivity index is 1.07. The van der Waals surface area contributed by atoms with Crippen LogP contribution in [0, 0.1) is 19.8 Å². The van der Waals surface area contributed by atoms with Gasteiger partial charge < -0.3 is 19.3 Å². The number of aromatic nitrogens is 1. The highest BCUT2D eigenvalue weighted by atomic mass is 15.2. The SMILES string of the molecule is Cc1ccc(N2c3ccc(C)cc3B3c4ccc(N(c5ccccc5)c5cccc6c7ccccc7n(-c7ccccc7)c56)cc4N(C4=CC(C)C(c5ccccc5)C=C4)c4cccc2c43)cc1. The van der Waals surface area contributed by atoms with E-state index in [0.717, 1.165) is 28.4 Å². The number of nitrogens with zero attached hydrogens (tertiary/aromatic N) is 4. The van der Waals surface area contributed by atoms with E-state index >= 15 is 0 Å². The molecule has 10 aromatic rings. The van der Waals surface area contributed by atoms with Crippen molar-refractivity contribution in [2.24, 2.45) is 5.92 Å². The van der Waals surface area contributed by atoms with Crippen LogP contribution < -0.4 is 31.1 Å². The lowest BCUT2D eigenvalue weighted by Crippen LogP contribution is -2.61. The molecule has 68 heavy (non-hydrogen) atoms. The summed E-state index contributed by atoms with van der Waals surface area (Å²) in [6.45, 7) is 6.77. The van der Waals surface area contributed by atoms with Crippen molar-refractivity contribution in [3.63, 3.8) is 0 Å². The highest BCUT2D eigenvalue weighted by molar-refractivity contribution is 7.00. The van der Waals surface area contributed by atoms with E-state index in [1.807, 2.05) is 0 Å². The molecule has 324 valence electrons. The summed E-state index contributed by atoms with van der Waals surface area (Å²) in [5.41, 5.74) is 21.8. The topological polar surface area (TPSA) is 14.7 Å². The zero-order valence-corrected chi connectivity index (χ0v) is 38.5. The number of hydrogen-bond donors (Lipinski definition) is 0. The highest BCUT2D eigenvalue weighted by Crippen LogP contribution is 2.48. The smallest absolute Gasteiger partial charge is 0.252 e. The van der Waals surface area contributed by atoms with Gasteiger partial charge in [0.1, 0.15) is 0 Å². The third kappa shape index (κ3) is 6.30. The molecule has 1 aromatic heterocycles. The molecule has 2 atom stereocenters. The predicted octanol–water partition coefficient (Wildman–Crippen LogP) is 14.5. The van der Waals surface area contributed by atoms with Gasteiger partial charge in [0, 0.05) is 67.9 Å². The van der Waals surface area contributed by atoms with Gasteiger partial charge in [0.15, 0.2) is 0 Å². The highest BCUT2D eigenvalue weighted by Gasteiger charge is 2.44. The summed E-state index contributed by atoms with van der Waals surface area (Å²) in [6, 6.07) is 78.5. The molecule has 3 aliphatic rings. The van der Waals surface area contributed by atoms with Gasteiger partial charge in [-0.2, -0.15) is 0 Å². The van der Waals surface area contributed by atoms with Gasteiger partial charge in [-0.15, -0.1) is 0 Å². The van der Waals surface area contributed by atoms with Gasteiger partial charge in [0.25, 0.3) is 6.71 Å². The van der Waals surface area contributed by atoms with Crippen molar-refractivity contribution in [3.8, 4) is 5.69 Å². The van der Waals surface area contributed by atoms with Crippen molar-refractivity contribution in [2.45, 2.75) is 26.7 Å². The fourth-order valence-corrected chi connectivity index (χ4v) is 11.5. The number of fused-ring (bicyclic) bond motifs is 7. The Morgan fingerprint density at radius 3 is 1.94 bits per heavy atom. The van der Waals surface area contributed by atoms with Crippen molar-refractivity contribution in [3.05, 3.63) is 253 Å². The Labute approximate surface area is 399 Å². The van der Waals surface area contributed by atoms with E-state index in [9.17, 15) is 0 Å². The lowest BCUT2D eigenvalue weighted by atomic mass is 9.33. The first-order valence-corrected chi connectivity index (χ1v) is 23.9. The van der Waals surface area contributed by atoms with Crippen LogP contribution in [0.4, 0.5) is 45.5 Å². The quantitative estimate of drug-likeness (QED) is 0.148. The van der Waals surface area contributed by atoms with Crippen molar-refractivity contribution in [1.29, 1.82) is 0 Å². The zero-order valence-electron chi connectivity index (χ0n) is 38.5. The first-order valence-electron chi connectivity index (χ1n) is 23.9. The molecule has 0 saturated heterocycles. The van der Waals surface area contributed by atoms with Gasteiger partial charge in [-0.05, 0) is 127 Å². The maximum Gasteiger partial charge on any atom is 0.252 e. The number of rotatable bonds is 7. The monoisotopic (exact) mass is 872 g/mol. The minimum Gasteiger partial charge on any atom is -0.312 e. The van der Waals surface area contributed by atoms with E-state index in [-0.39, 0.29) is 18.5 Å². The van der Waals surface area contributed by atoms with E-state index in [2.05, 4.69) is 271 Å². The van der Waals surface area contributed by atoms with Crippen molar-refractivity contribution < 1.29 is 0 Å². The van der Waals surface area contributed by atoms with Gasteiger partial charge in [-0.1, -0.05) is 164 Å². The molecule has 0 fully saturated rings. The van der Waals surface area contributed by atoms with Crippen LogP contribution in [0.5, 0.6) is 0 Å². The van der Waals surface area contributed by atoms with Crippen molar-refractivity contribution in [2.75, 3.05) is 14.7 Å². The minimum atomic E-state index is 0.00924. The molecule has 2 unspecified atom stereocenters. The van der Waals surface area contributed by atoms with Gasteiger partial charge in [0.05, 0.1) is 16.7 Å². The Bertz CT molecular complexity index is 3630. The van der Waals surface area contributed by atoms with Gasteiger partial charge in [-0.3, -0.25) is 0 Å². The average Bonchev–Trinajstić information content (AvgIpc) is 3.73. The molecular weight excluding hydrogens is 824 g/mol. The predicted molar refractivity (Wildman–Crippen MR) is 288 cm³/mol. The zero-order chi connectivity index (χ0) is 45.5. The Morgan fingerprint density at radius 2 is 1.16 bits per heavy atom. The molecule has 0 spiro atoms. The third-order valence-electron chi connectivity index (χ3n) is 14.5. The summed E-state index contributed by atoms with van der Waals surface area (Å²) in [5, 5.41) is 2.45. The van der Waals surface area contributed by atoms with Crippen LogP contribution in [0.1, 0.15) is 29.5 Å². The number of benzene rings is 9. The summed E-state index contributed by atoms with van der Waals surface area (Å²) in [5.74, 6) is 0.553. The maximum absolute atomic E-state index is 2.57. The minimum absolute atomic E-state index is 0.00924. The molecule has 0 amide bonds. The molecule has 9 aromatic carbocycles. The Hall–Kier alpha value is -8.28. The molecule has 2 aliphatic heterocycles. The second kappa shape index (κ2) is 16.0. The van der Waals surface area contributed by atoms with Gasteiger partial charge in [-0.25, -0.2) is 0 Å². The lowest BCUT2D eigenvalue weighted by Gasteiger charge is -2.45. The molecular formula is C63H49BN4. The van der Waals surface area contributed by atoms with Crippen LogP contribution >= 0.6 is 0 Å². The number of aryl methyl sites for hydroxylation is 2. The van der Waals surface area contributed by atoms with E-state index < -0.39 is 0 Å². The van der Waals surface area contributed by atoms with Crippen LogP contribution in [0.2, 0.25) is 0 Å². The van der Waals surface area contributed by atoms with Gasteiger partial charge in [0.2, 0.25) is 0 Å². The standard InChI is InChI=1S/C63H49BN4/c1-42-29-32-48(33-30-42)66-57-38-31-43(2)39-55(57)64-54-37-35-50(41-61(54)67(59-27-16-26-58(66)62(59)64)49-34-36-51(44(3)40-49)45-17-7-4-8-18-45)65(46-19-9-5-10-20-46)60-28-15-24-53-52-23-13-14-25-56(52)68(63(53)60)47-21-11-6-12-22-47/h4-41,44,51H,1-3H3. The van der Waals surface area contributed by atoms with E-state index in [1.165, 1.54) is 83.3 Å². The molecule has 0 N–H and O–H groups in total. The first kappa shape index (κ1) is 40.0. The number of para-hydroxylation sites is 4. The van der Waals surface area contributed by atoms with Crippen LogP contribution in [0.3, 0.4) is 0 Å². The maximum atomic E-state index is 2.57. The van der Waals surface area contributed by atoms with Crippen LogP contribution in [0.25, 0.3) is 27.5 Å². The third-order valence-corrected chi connectivity index (χ3v) is 14.5. The normalized spacial score (nSPS) is 15.8. The lowest BCUT2D eigenvalue weighted by molar-refractivity contribution is 0.628. The molecule has 1 aliphatic carbocycles. The molecule has 0 bridgehead atoms. The Kier molecular flexibility index (Phi) is 9.40. The summed E-state index contributed by atoms with van der Waals surface area (Å²) < 4.78 is 2.45. The number of anilines is 8. The molecule has 5 heteroatoms. The average molecular weight is 873 g/mol. The first-order chi connectivity index (χ1) is 33.5. The summed E-state index contributed by atoms with van der Waals surface area (Å²) >= 11 is 0. The molecule has 4 nitrogen and oxygen atoms in total. The van der Waals surface area contributed by atoms with Crippen molar-refractivity contribution in [1.82, 2.24) is 4.57 Å². The fourth-order valence-electron chi connectivity index (χ4n) is 11.5. The largest absolute Gasteiger partial charge is 0.312 e. The number of hydrogen-bond acceptors (Lipinski definition) is 3. The second-order valence-electron chi connectivity index (χ2n) is 18.7. The van der Waals surface area contributed by atoms with Crippen LogP contribution in [-0.2, 0) is 0 Å². The van der Waals surface area contributed by atoms with Crippen LogP contribution in [-0.4, -0.2) is 11.3 Å². The Morgan fingerprint density at radius 1 is 0.485 bits per heavy atom. The van der Waals surface area contributed by atoms with Gasteiger partial charge >= 0.3 is 0 Å². The molecule has 3 heterocycles. The molecule has 13 rings (SSSR count). The van der Waals surface area contributed by atoms with Crippen molar-refractivity contribution >= 4 is 90.4 Å². The van der Waals surface area contributed by atoms with E-state index in [1.54, 1.807) is 0 Å². The van der Waals surface area contributed by atoms with E-state index in [0.29, 0.717) is 0 Å². The van der Waals surface area contributed by atoms with E-state index in [4.69, 9.17) is 0 Å². The summed E-state index contributed by atoms with van der Waals surface area (Å²) in [4.78, 5) is 7.54. The fraction of sp³-hybridized carbons (Fsp3) is 0.0794.